The molecule has 0 saturated carbocycles. The molecule has 0 bridgehead atoms. The van der Waals surface area contributed by atoms with Crippen LogP contribution in [-0.4, -0.2) is 48.9 Å². The zero-order chi connectivity index (χ0) is 19.7. The molecular weight excluding hydrogens is 364 g/mol. The van der Waals surface area contributed by atoms with E-state index in [2.05, 4.69) is 10.1 Å². The molecule has 1 aliphatic rings. The maximum absolute atomic E-state index is 12.6. The highest BCUT2D eigenvalue weighted by molar-refractivity contribution is 5.61. The fourth-order valence-corrected chi connectivity index (χ4v) is 3.81. The zero-order valence-electron chi connectivity index (χ0n) is 15.1. The standard InChI is InChI=1S/C18H20N6O4/c25-12-11-23-14(4-7-19-23)13-5-9-21(10-6-13)17-16(24(27)28)18(26)22-8-2-1-3-15(22)20-17/h1-4,7-8,13,25H,5-6,9-12H2. The second-order valence-electron chi connectivity index (χ2n) is 6.74. The predicted octanol–water partition coefficient (Wildman–Crippen LogP) is 1.18. The number of aromatic nitrogens is 4. The van der Waals surface area contributed by atoms with Crippen molar-refractivity contribution >= 4 is 17.2 Å². The highest BCUT2D eigenvalue weighted by Crippen LogP contribution is 2.32. The maximum atomic E-state index is 12.6. The summed E-state index contributed by atoms with van der Waals surface area (Å²) in [5, 5.41) is 25.0. The Labute approximate surface area is 159 Å². The van der Waals surface area contributed by atoms with E-state index in [9.17, 15) is 20.0 Å². The van der Waals surface area contributed by atoms with Crippen molar-refractivity contribution in [2.24, 2.45) is 0 Å². The van der Waals surface area contributed by atoms with Crippen LogP contribution in [0.1, 0.15) is 24.5 Å². The minimum atomic E-state index is -0.672. The quantitative estimate of drug-likeness (QED) is 0.518. The Morgan fingerprint density at radius 2 is 2.04 bits per heavy atom. The Morgan fingerprint density at radius 1 is 1.25 bits per heavy atom. The van der Waals surface area contributed by atoms with Crippen molar-refractivity contribution in [2.75, 3.05) is 24.6 Å². The first-order valence-corrected chi connectivity index (χ1v) is 9.13. The molecule has 1 saturated heterocycles. The summed E-state index contributed by atoms with van der Waals surface area (Å²) in [7, 11) is 0. The Hall–Kier alpha value is -3.27. The molecular formula is C18H20N6O4. The molecule has 1 aliphatic heterocycles. The third kappa shape index (κ3) is 3.11. The topological polar surface area (TPSA) is 119 Å². The summed E-state index contributed by atoms with van der Waals surface area (Å²) >= 11 is 0. The number of piperidine rings is 1. The van der Waals surface area contributed by atoms with Gasteiger partial charge in [-0.05, 0) is 31.0 Å². The first kappa shape index (κ1) is 18.1. The lowest BCUT2D eigenvalue weighted by molar-refractivity contribution is -0.385. The Kier molecular flexibility index (Phi) is 4.78. The SMILES string of the molecule is O=c1c([N+](=O)[O-])c(N2CCC(c3ccnn3CCO)CC2)nc2ccccn12. The second-order valence-corrected chi connectivity index (χ2v) is 6.74. The molecule has 146 valence electrons. The lowest BCUT2D eigenvalue weighted by Gasteiger charge is -2.32. The van der Waals surface area contributed by atoms with Crippen LogP contribution in [0, 0.1) is 10.1 Å². The van der Waals surface area contributed by atoms with E-state index in [1.54, 1.807) is 29.1 Å². The number of aliphatic hydroxyl groups is 1. The first-order valence-electron chi connectivity index (χ1n) is 9.13. The molecule has 10 nitrogen and oxygen atoms in total. The van der Waals surface area contributed by atoms with Crippen molar-refractivity contribution in [1.82, 2.24) is 19.2 Å². The summed E-state index contributed by atoms with van der Waals surface area (Å²) < 4.78 is 2.99. The van der Waals surface area contributed by atoms with Gasteiger partial charge in [-0.2, -0.15) is 5.10 Å². The van der Waals surface area contributed by atoms with E-state index < -0.39 is 16.2 Å². The van der Waals surface area contributed by atoms with Crippen LogP contribution in [0.2, 0.25) is 0 Å². The number of pyridine rings is 1. The van der Waals surface area contributed by atoms with Gasteiger partial charge in [0.2, 0.25) is 5.82 Å². The molecule has 0 radical (unpaired) electrons. The first-order chi connectivity index (χ1) is 13.6. The summed E-state index contributed by atoms with van der Waals surface area (Å²) in [4.78, 5) is 29.8. The monoisotopic (exact) mass is 384 g/mol. The summed E-state index contributed by atoms with van der Waals surface area (Å²) in [6, 6.07) is 6.99. The second kappa shape index (κ2) is 7.39. The maximum Gasteiger partial charge on any atom is 0.376 e. The summed E-state index contributed by atoms with van der Waals surface area (Å²) in [5.74, 6) is 0.370. The third-order valence-electron chi connectivity index (χ3n) is 5.15. The van der Waals surface area contributed by atoms with Gasteiger partial charge in [-0.15, -0.1) is 0 Å². The number of rotatable bonds is 5. The highest BCUT2D eigenvalue weighted by atomic mass is 16.6. The number of fused-ring (bicyclic) bond motifs is 1. The van der Waals surface area contributed by atoms with Crippen LogP contribution in [0.5, 0.6) is 0 Å². The van der Waals surface area contributed by atoms with Gasteiger partial charge in [0, 0.05) is 37.1 Å². The van der Waals surface area contributed by atoms with Gasteiger partial charge in [0.1, 0.15) is 5.65 Å². The van der Waals surface area contributed by atoms with Gasteiger partial charge in [0.25, 0.3) is 0 Å². The summed E-state index contributed by atoms with van der Waals surface area (Å²) in [5.41, 5.74) is 0.271. The average molecular weight is 384 g/mol. The summed E-state index contributed by atoms with van der Waals surface area (Å²) in [6.07, 6.45) is 4.71. The van der Waals surface area contributed by atoms with Gasteiger partial charge in [0.05, 0.1) is 18.1 Å². The Bertz CT molecular complexity index is 1070. The van der Waals surface area contributed by atoms with Crippen LogP contribution >= 0.6 is 0 Å². The Balaban J connectivity index is 1.63. The van der Waals surface area contributed by atoms with E-state index in [4.69, 9.17) is 0 Å². The van der Waals surface area contributed by atoms with Crippen molar-refractivity contribution in [3.05, 3.63) is 62.8 Å². The molecule has 0 spiro atoms. The van der Waals surface area contributed by atoms with Crippen molar-refractivity contribution in [3.8, 4) is 0 Å². The van der Waals surface area contributed by atoms with Gasteiger partial charge in [-0.3, -0.25) is 24.0 Å². The van der Waals surface area contributed by atoms with Crippen LogP contribution in [0.4, 0.5) is 11.5 Å². The lowest BCUT2D eigenvalue weighted by Crippen LogP contribution is -2.36. The van der Waals surface area contributed by atoms with Gasteiger partial charge in [-0.1, -0.05) is 6.07 Å². The zero-order valence-corrected chi connectivity index (χ0v) is 15.1. The van der Waals surface area contributed by atoms with Crippen LogP contribution in [0.15, 0.2) is 41.5 Å². The molecule has 10 heteroatoms. The van der Waals surface area contributed by atoms with Crippen molar-refractivity contribution in [1.29, 1.82) is 0 Å². The minimum Gasteiger partial charge on any atom is -0.394 e. The van der Waals surface area contributed by atoms with E-state index >= 15 is 0 Å². The number of hydrogen-bond donors (Lipinski definition) is 1. The van der Waals surface area contributed by atoms with Gasteiger partial charge in [0.15, 0.2) is 0 Å². The number of nitro groups is 1. The van der Waals surface area contributed by atoms with Crippen LogP contribution in [-0.2, 0) is 6.54 Å². The number of nitrogens with zero attached hydrogens (tertiary/aromatic N) is 6. The minimum absolute atomic E-state index is 0.0185. The molecule has 4 rings (SSSR count). The number of anilines is 1. The molecule has 0 aliphatic carbocycles. The normalized spacial score (nSPS) is 15.2. The fraction of sp³-hybridized carbons (Fsp3) is 0.389. The lowest BCUT2D eigenvalue weighted by atomic mass is 9.93. The van der Waals surface area contributed by atoms with E-state index in [1.807, 2.05) is 11.0 Å². The molecule has 1 fully saturated rings. The fourth-order valence-electron chi connectivity index (χ4n) is 3.81. The third-order valence-corrected chi connectivity index (χ3v) is 5.15. The Morgan fingerprint density at radius 3 is 2.75 bits per heavy atom. The van der Waals surface area contributed by atoms with Gasteiger partial charge < -0.3 is 10.0 Å². The largest absolute Gasteiger partial charge is 0.394 e. The molecule has 0 unspecified atom stereocenters. The summed E-state index contributed by atoms with van der Waals surface area (Å²) in [6.45, 7) is 1.55. The number of hydrogen-bond acceptors (Lipinski definition) is 7. The molecule has 1 N–H and O–H groups in total. The van der Waals surface area contributed by atoms with Crippen LogP contribution < -0.4 is 10.5 Å². The van der Waals surface area contributed by atoms with Crippen molar-refractivity contribution in [2.45, 2.75) is 25.3 Å². The van der Waals surface area contributed by atoms with E-state index in [-0.39, 0.29) is 18.3 Å². The van der Waals surface area contributed by atoms with Crippen LogP contribution in [0.3, 0.4) is 0 Å². The van der Waals surface area contributed by atoms with Crippen LogP contribution in [0.25, 0.3) is 5.65 Å². The molecule has 28 heavy (non-hydrogen) atoms. The molecule has 3 aromatic heterocycles. The highest BCUT2D eigenvalue weighted by Gasteiger charge is 2.31. The molecule has 0 aromatic carbocycles. The molecule has 4 heterocycles. The van der Waals surface area contributed by atoms with E-state index in [1.165, 1.54) is 10.6 Å². The predicted molar refractivity (Wildman–Crippen MR) is 102 cm³/mol. The van der Waals surface area contributed by atoms with E-state index in [0.717, 1.165) is 18.5 Å². The molecule has 0 atom stereocenters. The average Bonchev–Trinajstić information content (AvgIpc) is 3.16. The number of aliphatic hydroxyl groups excluding tert-OH is 1. The van der Waals surface area contributed by atoms with Gasteiger partial charge in [-0.25, -0.2) is 4.98 Å². The molecule has 3 aromatic rings. The van der Waals surface area contributed by atoms with Gasteiger partial charge >= 0.3 is 11.2 Å². The molecule has 0 amide bonds. The van der Waals surface area contributed by atoms with Crippen molar-refractivity contribution < 1.29 is 10.0 Å². The van der Waals surface area contributed by atoms with E-state index in [0.29, 0.717) is 25.3 Å². The smallest absolute Gasteiger partial charge is 0.376 e. The van der Waals surface area contributed by atoms with Crippen molar-refractivity contribution in [3.63, 3.8) is 0 Å².